The fourth-order valence-corrected chi connectivity index (χ4v) is 4.35. The van der Waals surface area contributed by atoms with Crippen LogP contribution in [0, 0.1) is 12.8 Å². The molecule has 2 atom stereocenters. The highest BCUT2D eigenvalue weighted by Crippen LogP contribution is 2.32. The molecule has 2 heterocycles. The lowest BCUT2D eigenvalue weighted by molar-refractivity contribution is -0.133. The molecule has 0 bridgehead atoms. The molecular formula is C23H27N3O2. The molecule has 1 aromatic heterocycles. The van der Waals surface area contributed by atoms with E-state index in [1.807, 2.05) is 42.2 Å². The number of carbonyl (C=O) groups excluding carboxylic acids is 1. The number of hydrogen-bond donors (Lipinski definition) is 1. The van der Waals surface area contributed by atoms with E-state index in [0.717, 1.165) is 43.5 Å². The third-order valence-corrected chi connectivity index (χ3v) is 5.90. The summed E-state index contributed by atoms with van der Waals surface area (Å²) in [4.78, 5) is 35.2. The zero-order chi connectivity index (χ0) is 19.5. The van der Waals surface area contributed by atoms with Crippen LogP contribution in [0.1, 0.15) is 60.8 Å². The molecule has 5 nitrogen and oxygen atoms in total. The second-order valence-corrected chi connectivity index (χ2v) is 7.89. The largest absolute Gasteiger partial charge is 0.332 e. The SMILES string of the molecule is Cc1nc([C@@H]2CCCN2C(=O)C[C@H]2C=CCC2)[nH]c(=O)c1Cc1ccccc1. The number of allylic oxidation sites excluding steroid dienone is 2. The summed E-state index contributed by atoms with van der Waals surface area (Å²) >= 11 is 0. The highest BCUT2D eigenvalue weighted by atomic mass is 16.2. The van der Waals surface area contributed by atoms with Crippen molar-refractivity contribution in [3.8, 4) is 0 Å². The summed E-state index contributed by atoms with van der Waals surface area (Å²) in [7, 11) is 0. The number of likely N-dealkylation sites (tertiary alicyclic amines) is 1. The maximum Gasteiger partial charge on any atom is 0.254 e. The minimum Gasteiger partial charge on any atom is -0.332 e. The van der Waals surface area contributed by atoms with E-state index >= 15 is 0 Å². The van der Waals surface area contributed by atoms with Crippen molar-refractivity contribution in [2.24, 2.45) is 5.92 Å². The number of aromatic amines is 1. The van der Waals surface area contributed by atoms with Crippen LogP contribution >= 0.6 is 0 Å². The van der Waals surface area contributed by atoms with Gasteiger partial charge in [-0.2, -0.15) is 0 Å². The van der Waals surface area contributed by atoms with E-state index in [9.17, 15) is 9.59 Å². The number of H-pyrrole nitrogens is 1. The number of carbonyl (C=O) groups is 1. The average molecular weight is 377 g/mol. The third-order valence-electron chi connectivity index (χ3n) is 5.90. The Morgan fingerprint density at radius 2 is 2.07 bits per heavy atom. The number of amides is 1. The number of nitrogens with one attached hydrogen (secondary N) is 1. The molecule has 28 heavy (non-hydrogen) atoms. The predicted octanol–water partition coefficient (Wildman–Crippen LogP) is 3.69. The van der Waals surface area contributed by atoms with Crippen LogP contribution in [0.3, 0.4) is 0 Å². The normalized spacial score (nSPS) is 21.4. The van der Waals surface area contributed by atoms with Gasteiger partial charge in [0.15, 0.2) is 0 Å². The monoisotopic (exact) mass is 377 g/mol. The molecule has 5 heteroatoms. The minimum atomic E-state index is -0.116. The van der Waals surface area contributed by atoms with Gasteiger partial charge in [-0.15, -0.1) is 0 Å². The number of nitrogens with zero attached hydrogens (tertiary/aromatic N) is 2. The fourth-order valence-electron chi connectivity index (χ4n) is 4.35. The fraction of sp³-hybridized carbons (Fsp3) is 0.435. The zero-order valence-electron chi connectivity index (χ0n) is 16.4. The van der Waals surface area contributed by atoms with Crippen molar-refractivity contribution in [2.45, 2.75) is 51.5 Å². The Morgan fingerprint density at radius 1 is 1.25 bits per heavy atom. The molecular weight excluding hydrogens is 350 g/mol. The van der Waals surface area contributed by atoms with Gasteiger partial charge in [0.25, 0.3) is 5.56 Å². The van der Waals surface area contributed by atoms with Crippen LogP contribution in [0.4, 0.5) is 0 Å². The Morgan fingerprint density at radius 3 is 2.79 bits per heavy atom. The maximum atomic E-state index is 12.8. The van der Waals surface area contributed by atoms with Crippen LogP contribution in [0.2, 0.25) is 0 Å². The predicted molar refractivity (Wildman–Crippen MR) is 109 cm³/mol. The van der Waals surface area contributed by atoms with Crippen molar-refractivity contribution in [2.75, 3.05) is 6.54 Å². The van der Waals surface area contributed by atoms with Crippen LogP contribution in [0.5, 0.6) is 0 Å². The van der Waals surface area contributed by atoms with E-state index in [-0.39, 0.29) is 17.5 Å². The third kappa shape index (κ3) is 3.93. The van der Waals surface area contributed by atoms with Crippen molar-refractivity contribution in [1.29, 1.82) is 0 Å². The van der Waals surface area contributed by atoms with Gasteiger partial charge < -0.3 is 9.88 Å². The number of aromatic nitrogens is 2. The molecule has 0 radical (unpaired) electrons. The molecule has 1 N–H and O–H groups in total. The summed E-state index contributed by atoms with van der Waals surface area (Å²) in [6.07, 6.45) is 9.38. The second-order valence-electron chi connectivity index (χ2n) is 7.89. The lowest BCUT2D eigenvalue weighted by Crippen LogP contribution is -2.34. The summed E-state index contributed by atoms with van der Waals surface area (Å²) in [5.41, 5.74) is 2.44. The Hall–Kier alpha value is -2.69. The van der Waals surface area contributed by atoms with Crippen molar-refractivity contribution < 1.29 is 4.79 Å². The molecule has 1 aromatic carbocycles. The molecule has 2 aromatic rings. The van der Waals surface area contributed by atoms with Gasteiger partial charge in [-0.05, 0) is 44.1 Å². The van der Waals surface area contributed by atoms with Gasteiger partial charge in [0.05, 0.1) is 6.04 Å². The van der Waals surface area contributed by atoms with E-state index in [0.29, 0.717) is 30.1 Å². The van der Waals surface area contributed by atoms with Crippen molar-refractivity contribution in [3.63, 3.8) is 0 Å². The summed E-state index contributed by atoms with van der Waals surface area (Å²) < 4.78 is 0. The first-order valence-corrected chi connectivity index (χ1v) is 10.2. The Bertz CT molecular complexity index is 933. The van der Waals surface area contributed by atoms with Gasteiger partial charge >= 0.3 is 0 Å². The lowest BCUT2D eigenvalue weighted by atomic mass is 10.0. The molecule has 1 aliphatic carbocycles. The average Bonchev–Trinajstić information content (AvgIpc) is 3.37. The number of rotatable bonds is 5. The number of benzene rings is 1. The van der Waals surface area contributed by atoms with E-state index in [1.54, 1.807) is 0 Å². The van der Waals surface area contributed by atoms with Gasteiger partial charge in [-0.25, -0.2) is 4.98 Å². The van der Waals surface area contributed by atoms with Crippen molar-refractivity contribution >= 4 is 5.91 Å². The Kier molecular flexibility index (Phi) is 5.42. The molecule has 1 amide bonds. The van der Waals surface area contributed by atoms with E-state index in [4.69, 9.17) is 4.98 Å². The smallest absolute Gasteiger partial charge is 0.254 e. The molecule has 1 saturated heterocycles. The van der Waals surface area contributed by atoms with Gasteiger partial charge in [-0.1, -0.05) is 42.5 Å². The van der Waals surface area contributed by atoms with Crippen LogP contribution in [-0.4, -0.2) is 27.3 Å². The summed E-state index contributed by atoms with van der Waals surface area (Å²) in [6.45, 7) is 2.63. The zero-order valence-corrected chi connectivity index (χ0v) is 16.4. The van der Waals surface area contributed by atoms with Gasteiger partial charge in [0, 0.05) is 30.6 Å². The van der Waals surface area contributed by atoms with Gasteiger partial charge in [-0.3, -0.25) is 9.59 Å². The first-order chi connectivity index (χ1) is 13.6. The first kappa shape index (κ1) is 18.7. The molecule has 146 valence electrons. The van der Waals surface area contributed by atoms with Gasteiger partial charge in [0.1, 0.15) is 5.82 Å². The highest BCUT2D eigenvalue weighted by molar-refractivity contribution is 5.77. The molecule has 2 aliphatic rings. The molecule has 1 fully saturated rings. The molecule has 1 aliphatic heterocycles. The topological polar surface area (TPSA) is 66.1 Å². The maximum absolute atomic E-state index is 12.8. The van der Waals surface area contributed by atoms with Gasteiger partial charge in [0.2, 0.25) is 5.91 Å². The summed E-state index contributed by atoms with van der Waals surface area (Å²) in [5.74, 6) is 1.16. The summed E-state index contributed by atoms with van der Waals surface area (Å²) in [6, 6.07) is 9.83. The van der Waals surface area contributed by atoms with Crippen molar-refractivity contribution in [1.82, 2.24) is 14.9 Å². The van der Waals surface area contributed by atoms with Crippen LogP contribution in [-0.2, 0) is 11.2 Å². The van der Waals surface area contributed by atoms with Crippen LogP contribution in [0.15, 0.2) is 47.3 Å². The van der Waals surface area contributed by atoms with Crippen molar-refractivity contribution in [3.05, 3.63) is 75.5 Å². The molecule has 0 unspecified atom stereocenters. The molecule has 0 spiro atoms. The van der Waals surface area contributed by atoms with E-state index in [1.165, 1.54) is 0 Å². The number of hydrogen-bond acceptors (Lipinski definition) is 3. The molecule has 0 saturated carbocycles. The second kappa shape index (κ2) is 8.13. The Balaban J connectivity index is 1.54. The first-order valence-electron chi connectivity index (χ1n) is 10.2. The van der Waals surface area contributed by atoms with Crippen LogP contribution < -0.4 is 5.56 Å². The minimum absolute atomic E-state index is 0.0932. The summed E-state index contributed by atoms with van der Waals surface area (Å²) in [5, 5.41) is 0. The quantitative estimate of drug-likeness (QED) is 0.808. The number of aryl methyl sites for hydroxylation is 1. The van der Waals surface area contributed by atoms with Crippen LogP contribution in [0.25, 0.3) is 0 Å². The van der Waals surface area contributed by atoms with E-state index in [2.05, 4.69) is 17.1 Å². The standard InChI is InChI=1S/C23H27N3O2/c1-16-19(14-17-8-3-2-4-9-17)23(28)25-22(24-16)20-12-7-13-26(20)21(27)15-18-10-5-6-11-18/h2-5,8-10,18,20H,6-7,11-15H2,1H3,(H,24,25,28)/t18-,20-/m0/s1. The van der Waals surface area contributed by atoms with E-state index < -0.39 is 0 Å². The Labute approximate surface area is 165 Å². The molecule has 4 rings (SSSR count). The lowest BCUT2D eigenvalue weighted by Gasteiger charge is -2.25. The highest BCUT2D eigenvalue weighted by Gasteiger charge is 2.33.